The summed E-state index contributed by atoms with van der Waals surface area (Å²) in [5, 5.41) is 13.5. The van der Waals surface area contributed by atoms with Gasteiger partial charge in [-0.3, -0.25) is 0 Å². The fourth-order valence-electron chi connectivity index (χ4n) is 1.97. The number of rotatable bonds is 6. The van der Waals surface area contributed by atoms with Gasteiger partial charge in [-0.2, -0.15) is 10.4 Å². The molecule has 2 rings (SSSR count). The number of anilines is 1. The maximum Gasteiger partial charge on any atom is 0.140 e. The van der Waals surface area contributed by atoms with E-state index in [0.717, 1.165) is 12.0 Å². The highest BCUT2D eigenvalue weighted by Crippen LogP contribution is 2.17. The number of ether oxygens (including phenoxy) is 1. The number of hydrogen-bond acceptors (Lipinski definition) is 4. The second kappa shape index (κ2) is 6.73. The average Bonchev–Trinajstić information content (AvgIpc) is 2.76. The molecule has 0 bridgehead atoms. The third-order valence-electron chi connectivity index (χ3n) is 2.96. The van der Waals surface area contributed by atoms with Crippen LogP contribution < -0.4 is 5.73 Å². The molecule has 1 aromatic heterocycles. The first kappa shape index (κ1) is 14.1. The monoisotopic (exact) mass is 270 g/mol. The minimum absolute atomic E-state index is 0.290. The van der Waals surface area contributed by atoms with E-state index < -0.39 is 0 Å². The Labute approximate surface area is 118 Å². The summed E-state index contributed by atoms with van der Waals surface area (Å²) in [7, 11) is 0. The Bertz CT molecular complexity index is 598. The number of nitrogen functional groups attached to an aromatic ring is 1. The molecule has 1 aromatic carbocycles. The smallest absolute Gasteiger partial charge is 0.140 e. The molecule has 104 valence electrons. The number of aromatic nitrogens is 2. The summed E-state index contributed by atoms with van der Waals surface area (Å²) in [6, 6.07) is 12.0. The number of benzene rings is 1. The van der Waals surface area contributed by atoms with Gasteiger partial charge >= 0.3 is 0 Å². The Morgan fingerprint density at radius 1 is 1.30 bits per heavy atom. The predicted octanol–water partition coefficient (Wildman–Crippen LogP) is 2.46. The van der Waals surface area contributed by atoms with Crippen molar-refractivity contribution in [1.29, 1.82) is 5.26 Å². The Morgan fingerprint density at radius 3 is 2.70 bits per heavy atom. The lowest BCUT2D eigenvalue weighted by Crippen LogP contribution is -2.04. The lowest BCUT2D eigenvalue weighted by atomic mass is 10.2. The first-order valence-electron chi connectivity index (χ1n) is 6.63. The number of aryl methyl sites for hydroxylation is 1. The summed E-state index contributed by atoms with van der Waals surface area (Å²) in [6.45, 7) is 3.53. The molecule has 0 saturated carbocycles. The minimum Gasteiger partial charge on any atom is -0.383 e. The Hall–Kier alpha value is -2.32. The van der Waals surface area contributed by atoms with Crippen molar-refractivity contribution in [3.63, 3.8) is 0 Å². The van der Waals surface area contributed by atoms with Crippen molar-refractivity contribution in [3.05, 3.63) is 47.2 Å². The summed E-state index contributed by atoms with van der Waals surface area (Å²) in [6.07, 6.45) is 0.918. The molecule has 20 heavy (non-hydrogen) atoms. The summed E-state index contributed by atoms with van der Waals surface area (Å²) in [4.78, 5) is 0. The zero-order valence-electron chi connectivity index (χ0n) is 11.5. The molecule has 0 atom stereocenters. The van der Waals surface area contributed by atoms with Crippen molar-refractivity contribution < 1.29 is 4.74 Å². The minimum atomic E-state index is 0.290. The molecule has 2 aromatic rings. The molecule has 1 heterocycles. The topological polar surface area (TPSA) is 76.9 Å². The van der Waals surface area contributed by atoms with Crippen molar-refractivity contribution in [3.8, 4) is 6.07 Å². The van der Waals surface area contributed by atoms with Crippen LogP contribution in [0.2, 0.25) is 0 Å². The quantitative estimate of drug-likeness (QED) is 0.874. The van der Waals surface area contributed by atoms with E-state index in [1.807, 2.05) is 37.3 Å². The van der Waals surface area contributed by atoms with Crippen molar-refractivity contribution in [1.82, 2.24) is 9.78 Å². The first-order valence-corrected chi connectivity index (χ1v) is 6.63. The van der Waals surface area contributed by atoms with Crippen LogP contribution in [-0.4, -0.2) is 9.78 Å². The molecule has 0 radical (unpaired) electrons. The van der Waals surface area contributed by atoms with Crippen LogP contribution in [0.1, 0.15) is 30.2 Å². The van der Waals surface area contributed by atoms with Crippen LogP contribution in [0.4, 0.5) is 5.82 Å². The molecular weight excluding hydrogens is 252 g/mol. The van der Waals surface area contributed by atoms with E-state index in [4.69, 9.17) is 15.7 Å². The molecule has 0 unspecified atom stereocenters. The highest BCUT2D eigenvalue weighted by atomic mass is 16.5. The van der Waals surface area contributed by atoms with Gasteiger partial charge < -0.3 is 10.5 Å². The fourth-order valence-corrected chi connectivity index (χ4v) is 1.97. The van der Waals surface area contributed by atoms with Gasteiger partial charge in [-0.25, -0.2) is 4.68 Å². The van der Waals surface area contributed by atoms with Gasteiger partial charge in [0.1, 0.15) is 23.1 Å². The van der Waals surface area contributed by atoms with Crippen molar-refractivity contribution in [2.75, 3.05) is 5.73 Å². The molecule has 2 N–H and O–H groups in total. The summed E-state index contributed by atoms with van der Waals surface area (Å²) in [5.74, 6) is 0.424. The number of hydrogen-bond donors (Lipinski definition) is 1. The van der Waals surface area contributed by atoms with E-state index >= 15 is 0 Å². The highest BCUT2D eigenvalue weighted by molar-refractivity contribution is 5.51. The second-order valence-electron chi connectivity index (χ2n) is 4.52. The summed E-state index contributed by atoms with van der Waals surface area (Å²) in [5.41, 5.74) is 8.02. The van der Waals surface area contributed by atoms with E-state index in [1.165, 1.54) is 0 Å². The van der Waals surface area contributed by atoms with E-state index in [-0.39, 0.29) is 0 Å². The molecule has 5 nitrogen and oxygen atoms in total. The van der Waals surface area contributed by atoms with E-state index in [0.29, 0.717) is 36.8 Å². The third-order valence-corrected chi connectivity index (χ3v) is 2.96. The zero-order valence-corrected chi connectivity index (χ0v) is 11.5. The lowest BCUT2D eigenvalue weighted by molar-refractivity contribution is 0.104. The van der Waals surface area contributed by atoms with Crippen molar-refractivity contribution in [2.45, 2.75) is 33.1 Å². The molecule has 5 heteroatoms. The van der Waals surface area contributed by atoms with Gasteiger partial charge in [0.05, 0.1) is 13.2 Å². The molecular formula is C15H18N4O. The van der Waals surface area contributed by atoms with Gasteiger partial charge in [0, 0.05) is 6.54 Å². The van der Waals surface area contributed by atoms with Crippen LogP contribution in [0.5, 0.6) is 0 Å². The molecule has 0 aliphatic heterocycles. The average molecular weight is 270 g/mol. The number of nitriles is 1. The number of nitrogens with two attached hydrogens (primary N) is 1. The van der Waals surface area contributed by atoms with Crippen LogP contribution in [0.3, 0.4) is 0 Å². The van der Waals surface area contributed by atoms with Gasteiger partial charge in [0.15, 0.2) is 0 Å². The van der Waals surface area contributed by atoms with Gasteiger partial charge in [-0.15, -0.1) is 0 Å². The molecule has 0 aliphatic rings. The third kappa shape index (κ3) is 3.16. The largest absolute Gasteiger partial charge is 0.383 e. The van der Waals surface area contributed by atoms with E-state index in [1.54, 1.807) is 4.68 Å². The van der Waals surface area contributed by atoms with Crippen LogP contribution in [0.15, 0.2) is 30.3 Å². The maximum atomic E-state index is 9.16. The molecule has 0 saturated heterocycles. The Kier molecular flexibility index (Phi) is 4.75. The highest BCUT2D eigenvalue weighted by Gasteiger charge is 2.14. The summed E-state index contributed by atoms with van der Waals surface area (Å²) >= 11 is 0. The Morgan fingerprint density at radius 2 is 2.05 bits per heavy atom. The lowest BCUT2D eigenvalue weighted by Gasteiger charge is -2.02. The van der Waals surface area contributed by atoms with Gasteiger partial charge in [-0.05, 0) is 12.0 Å². The molecule has 0 fully saturated rings. The SMILES string of the molecule is CCCn1nc(COCc2ccccc2)c(C#N)c1N. The molecule has 0 aliphatic carbocycles. The normalized spacial score (nSPS) is 10.4. The van der Waals surface area contributed by atoms with Crippen LogP contribution in [0.25, 0.3) is 0 Å². The van der Waals surface area contributed by atoms with Crippen LogP contribution >= 0.6 is 0 Å². The van der Waals surface area contributed by atoms with Crippen molar-refractivity contribution in [2.24, 2.45) is 0 Å². The Balaban J connectivity index is 2.02. The predicted molar refractivity (Wildman–Crippen MR) is 76.6 cm³/mol. The fraction of sp³-hybridized carbons (Fsp3) is 0.333. The van der Waals surface area contributed by atoms with Gasteiger partial charge in [0.2, 0.25) is 0 Å². The van der Waals surface area contributed by atoms with Gasteiger partial charge in [-0.1, -0.05) is 37.3 Å². The summed E-state index contributed by atoms with van der Waals surface area (Å²) < 4.78 is 7.28. The van der Waals surface area contributed by atoms with Gasteiger partial charge in [0.25, 0.3) is 0 Å². The van der Waals surface area contributed by atoms with Crippen molar-refractivity contribution >= 4 is 5.82 Å². The zero-order chi connectivity index (χ0) is 14.4. The van der Waals surface area contributed by atoms with Crippen LogP contribution in [0, 0.1) is 11.3 Å². The number of nitrogens with zero attached hydrogens (tertiary/aromatic N) is 3. The first-order chi connectivity index (χ1) is 9.76. The van der Waals surface area contributed by atoms with Crippen LogP contribution in [-0.2, 0) is 24.5 Å². The standard InChI is InChI=1S/C15H18N4O/c1-2-8-19-15(17)13(9-16)14(18-19)11-20-10-12-6-4-3-5-7-12/h3-7H,2,8,10-11,17H2,1H3. The van der Waals surface area contributed by atoms with E-state index in [2.05, 4.69) is 11.2 Å². The molecule has 0 amide bonds. The van der Waals surface area contributed by atoms with E-state index in [9.17, 15) is 0 Å². The molecule has 0 spiro atoms. The second-order valence-corrected chi connectivity index (χ2v) is 4.52. The maximum absolute atomic E-state index is 9.16.